The molecule has 0 radical (unpaired) electrons. The van der Waals surface area contributed by atoms with Gasteiger partial charge in [0.15, 0.2) is 12.6 Å². The van der Waals surface area contributed by atoms with E-state index < -0.39 is 16.2 Å². The lowest BCUT2D eigenvalue weighted by molar-refractivity contribution is -0.193. The quantitative estimate of drug-likeness (QED) is 0.0649. The highest BCUT2D eigenvalue weighted by Crippen LogP contribution is 2.42. The summed E-state index contributed by atoms with van der Waals surface area (Å²) in [6, 6.07) is 6.75. The Morgan fingerprint density at radius 2 is 1.67 bits per heavy atom. The third-order valence-electron chi connectivity index (χ3n) is 9.46. The molecule has 7 atom stereocenters. The van der Waals surface area contributed by atoms with Crippen molar-refractivity contribution < 1.29 is 41.1 Å². The number of methoxy groups -OCH3 is 1. The van der Waals surface area contributed by atoms with Gasteiger partial charge in [0, 0.05) is 32.0 Å². The molecule has 1 saturated carbocycles. The number of carbonyl (C=O) groups is 1. The van der Waals surface area contributed by atoms with E-state index in [9.17, 15) is 13.2 Å². The summed E-state index contributed by atoms with van der Waals surface area (Å²) in [6.45, 7) is 7.48. The second-order valence-corrected chi connectivity index (χ2v) is 15.3. The fourth-order valence-electron chi connectivity index (χ4n) is 6.70. The lowest BCUT2D eigenvalue weighted by atomic mass is 9.89. The molecule has 0 N–H and O–H groups in total. The molecule has 0 amide bonds. The number of rotatable bonds is 18. The van der Waals surface area contributed by atoms with Crippen LogP contribution in [0.2, 0.25) is 0 Å². The van der Waals surface area contributed by atoms with E-state index in [4.69, 9.17) is 27.9 Å². The van der Waals surface area contributed by atoms with E-state index in [0.29, 0.717) is 45.3 Å². The monoisotopic (exact) mass is 702 g/mol. The Balaban J connectivity index is 1.61. The van der Waals surface area contributed by atoms with Gasteiger partial charge in [-0.05, 0) is 109 Å². The van der Waals surface area contributed by atoms with Crippen molar-refractivity contribution >= 4 is 16.1 Å². The number of carbonyl (C=O) groups excluding carboxylic acids is 1. The van der Waals surface area contributed by atoms with E-state index in [1.165, 1.54) is 12.7 Å². The number of unbranched alkanes of at least 4 members (excludes halogenated alkanes) is 1. The molecule has 49 heavy (non-hydrogen) atoms. The van der Waals surface area contributed by atoms with E-state index in [1.54, 1.807) is 24.3 Å². The van der Waals surface area contributed by atoms with Crippen molar-refractivity contribution in [3.05, 3.63) is 65.8 Å². The molecule has 2 unspecified atom stereocenters. The van der Waals surface area contributed by atoms with Gasteiger partial charge in [0.25, 0.3) is 10.1 Å². The molecule has 0 aromatic heterocycles. The fraction of sp³-hybridized carbons (Fsp3) is 0.667. The van der Waals surface area contributed by atoms with E-state index in [2.05, 4.69) is 44.2 Å². The molecule has 2 saturated heterocycles. The topological polar surface area (TPSA) is 107 Å². The Hall–Kier alpha value is -2.34. The SMILES string of the molecule is COC(=O)CCCC=CC[C@@H]1[C@@H](C=C[C@H](CCC=C(C)C)OC2CCCCO2)[C@H](OC2CCCCO2)C[C@H]1OS(=O)(=O)c1ccc(C)cc1. The lowest BCUT2D eigenvalue weighted by Gasteiger charge is -2.30. The summed E-state index contributed by atoms with van der Waals surface area (Å²) in [6.07, 6.45) is 19.3. The highest BCUT2D eigenvalue weighted by atomic mass is 32.2. The van der Waals surface area contributed by atoms with Gasteiger partial charge in [0.05, 0.1) is 30.3 Å². The van der Waals surface area contributed by atoms with Crippen LogP contribution >= 0.6 is 0 Å². The van der Waals surface area contributed by atoms with Crippen LogP contribution in [0.25, 0.3) is 0 Å². The Morgan fingerprint density at radius 3 is 2.33 bits per heavy atom. The zero-order chi connectivity index (χ0) is 35.1. The van der Waals surface area contributed by atoms with Crippen molar-refractivity contribution in [1.29, 1.82) is 0 Å². The van der Waals surface area contributed by atoms with Gasteiger partial charge >= 0.3 is 5.97 Å². The van der Waals surface area contributed by atoms with Crippen molar-refractivity contribution in [2.24, 2.45) is 11.8 Å². The minimum absolute atomic E-state index is 0.141. The van der Waals surface area contributed by atoms with Crippen LogP contribution in [0.5, 0.6) is 0 Å². The van der Waals surface area contributed by atoms with Gasteiger partial charge in [0.1, 0.15) is 0 Å². The van der Waals surface area contributed by atoms with Gasteiger partial charge in [-0.3, -0.25) is 8.98 Å². The van der Waals surface area contributed by atoms with Gasteiger partial charge in [-0.15, -0.1) is 0 Å². The predicted molar refractivity (Wildman–Crippen MR) is 189 cm³/mol. The molecular formula is C39H58O9S. The Kier molecular flexibility index (Phi) is 16.5. The Labute approximate surface area is 294 Å². The molecule has 3 aliphatic rings. The van der Waals surface area contributed by atoms with Crippen LogP contribution in [-0.4, -0.2) is 65.6 Å². The van der Waals surface area contributed by atoms with E-state index in [1.807, 2.05) is 6.92 Å². The highest BCUT2D eigenvalue weighted by Gasteiger charge is 2.46. The molecule has 10 heteroatoms. The maximum atomic E-state index is 13.6. The third-order valence-corrected chi connectivity index (χ3v) is 10.8. The molecule has 1 aromatic rings. The highest BCUT2D eigenvalue weighted by molar-refractivity contribution is 7.86. The molecule has 1 aromatic carbocycles. The number of benzene rings is 1. The molecule has 4 rings (SSSR count). The molecule has 2 heterocycles. The number of aryl methyl sites for hydroxylation is 1. The first kappa shape index (κ1) is 39.4. The van der Waals surface area contributed by atoms with Crippen LogP contribution in [-0.2, 0) is 42.8 Å². The van der Waals surface area contributed by atoms with Gasteiger partial charge in [-0.25, -0.2) is 0 Å². The summed E-state index contributed by atoms with van der Waals surface area (Å²) < 4.78 is 63.2. The number of hydrogen-bond acceptors (Lipinski definition) is 9. The first-order valence-corrected chi connectivity index (χ1v) is 19.6. The van der Waals surface area contributed by atoms with Crippen LogP contribution < -0.4 is 0 Å². The first-order valence-electron chi connectivity index (χ1n) is 18.2. The van der Waals surface area contributed by atoms with Gasteiger partial charge in [-0.2, -0.15) is 8.42 Å². The van der Waals surface area contributed by atoms with Crippen LogP contribution in [0.1, 0.15) is 103 Å². The molecule has 3 fully saturated rings. The van der Waals surface area contributed by atoms with Crippen molar-refractivity contribution in [1.82, 2.24) is 0 Å². The molecule has 0 spiro atoms. The fourth-order valence-corrected chi connectivity index (χ4v) is 7.83. The van der Waals surface area contributed by atoms with Gasteiger partial charge in [0.2, 0.25) is 0 Å². The van der Waals surface area contributed by atoms with E-state index in [0.717, 1.165) is 56.9 Å². The summed E-state index contributed by atoms with van der Waals surface area (Å²) in [7, 11) is -2.63. The molecule has 2 aliphatic heterocycles. The number of hydrogen-bond donors (Lipinski definition) is 0. The molecular weight excluding hydrogens is 644 g/mol. The van der Waals surface area contributed by atoms with Gasteiger partial charge < -0.3 is 23.7 Å². The summed E-state index contributed by atoms with van der Waals surface area (Å²) >= 11 is 0. The van der Waals surface area contributed by atoms with E-state index in [-0.39, 0.29) is 47.5 Å². The molecule has 0 bridgehead atoms. The predicted octanol–water partition coefficient (Wildman–Crippen LogP) is 8.12. The summed E-state index contributed by atoms with van der Waals surface area (Å²) in [5.74, 6) is -0.564. The zero-order valence-corrected chi connectivity index (χ0v) is 30.7. The average Bonchev–Trinajstić information content (AvgIpc) is 3.39. The van der Waals surface area contributed by atoms with Crippen molar-refractivity contribution in [2.75, 3.05) is 20.3 Å². The molecule has 274 valence electrons. The zero-order valence-electron chi connectivity index (χ0n) is 29.9. The van der Waals surface area contributed by atoms with Crippen molar-refractivity contribution in [3.8, 4) is 0 Å². The minimum Gasteiger partial charge on any atom is -0.469 e. The number of ether oxygens (including phenoxy) is 5. The van der Waals surface area contributed by atoms with E-state index >= 15 is 0 Å². The normalized spacial score (nSPS) is 27.0. The number of esters is 1. The maximum absolute atomic E-state index is 13.6. The average molecular weight is 703 g/mol. The second-order valence-electron chi connectivity index (χ2n) is 13.7. The van der Waals surface area contributed by atoms with Crippen LogP contribution in [0.3, 0.4) is 0 Å². The summed E-state index contributed by atoms with van der Waals surface area (Å²) in [5, 5.41) is 0. The summed E-state index contributed by atoms with van der Waals surface area (Å²) in [4.78, 5) is 11.7. The summed E-state index contributed by atoms with van der Waals surface area (Å²) in [5.41, 5.74) is 2.24. The minimum atomic E-state index is -4.03. The van der Waals surface area contributed by atoms with Gasteiger partial charge in [-0.1, -0.05) is 53.6 Å². The maximum Gasteiger partial charge on any atom is 0.305 e. The standard InChI is InChI=1S/C39H58O9S/c1-29(2)14-13-15-31(46-38-18-9-11-26-44-38)22-25-34-33(16-7-5-6-8-17-37(40)43-4)36(28-35(34)47-39-19-10-12-27-45-39)48-49(41,42)32-23-20-30(3)21-24-32/h5,7,14,20-25,31,33-36,38-39H,6,8-13,15-19,26-28H2,1-4H3/t31-,33+,34+,35+,36+,38?,39?/m0/s1. The Morgan fingerprint density at radius 1 is 0.959 bits per heavy atom. The number of allylic oxidation sites excluding steroid dienone is 4. The largest absolute Gasteiger partial charge is 0.469 e. The van der Waals surface area contributed by atoms with Crippen LogP contribution in [0, 0.1) is 18.8 Å². The molecule has 1 aliphatic carbocycles. The smallest absolute Gasteiger partial charge is 0.305 e. The van der Waals surface area contributed by atoms with Crippen molar-refractivity contribution in [2.45, 2.75) is 140 Å². The first-order chi connectivity index (χ1) is 23.6. The van der Waals surface area contributed by atoms with Crippen LogP contribution in [0.15, 0.2) is 65.1 Å². The second kappa shape index (κ2) is 20.5. The van der Waals surface area contributed by atoms with Crippen molar-refractivity contribution in [3.63, 3.8) is 0 Å². The lowest BCUT2D eigenvalue weighted by Crippen LogP contribution is -2.31. The Bertz CT molecular complexity index is 1320. The third kappa shape index (κ3) is 13.4. The van der Waals surface area contributed by atoms with Crippen LogP contribution in [0.4, 0.5) is 0 Å². The molecule has 9 nitrogen and oxygen atoms in total.